The van der Waals surface area contributed by atoms with Crippen LogP contribution in [0.5, 0.6) is 5.75 Å². The van der Waals surface area contributed by atoms with Crippen LogP contribution in [0.1, 0.15) is 6.92 Å². The summed E-state index contributed by atoms with van der Waals surface area (Å²) >= 11 is 0. The van der Waals surface area contributed by atoms with E-state index in [0.29, 0.717) is 13.1 Å². The lowest BCUT2D eigenvalue weighted by atomic mass is 10.1. The Balaban J connectivity index is 1.39. The number of ether oxygens (including phenoxy) is 1. The van der Waals surface area contributed by atoms with E-state index in [9.17, 15) is 9.18 Å². The van der Waals surface area contributed by atoms with Gasteiger partial charge in [-0.15, -0.1) is 0 Å². The minimum Gasteiger partial charge on any atom is -0.480 e. The van der Waals surface area contributed by atoms with Crippen LogP contribution in [0.25, 0.3) is 10.8 Å². The van der Waals surface area contributed by atoms with E-state index < -0.39 is 6.10 Å². The van der Waals surface area contributed by atoms with Crippen LogP contribution in [0.15, 0.2) is 66.7 Å². The number of anilines is 1. The molecule has 3 aromatic rings. The van der Waals surface area contributed by atoms with Crippen molar-refractivity contribution in [3.63, 3.8) is 0 Å². The van der Waals surface area contributed by atoms with Crippen molar-refractivity contribution in [2.24, 2.45) is 0 Å². The van der Waals surface area contributed by atoms with E-state index in [2.05, 4.69) is 4.90 Å². The molecule has 1 heterocycles. The lowest BCUT2D eigenvalue weighted by Crippen LogP contribution is -2.52. The normalized spacial score (nSPS) is 15.5. The first-order valence-corrected chi connectivity index (χ1v) is 9.55. The smallest absolute Gasteiger partial charge is 0.263 e. The largest absolute Gasteiger partial charge is 0.480 e. The van der Waals surface area contributed by atoms with Gasteiger partial charge in [0.05, 0.1) is 0 Å². The molecule has 4 rings (SSSR count). The summed E-state index contributed by atoms with van der Waals surface area (Å²) in [4.78, 5) is 16.9. The summed E-state index contributed by atoms with van der Waals surface area (Å²) in [5.74, 6) is 0.479. The van der Waals surface area contributed by atoms with Crippen molar-refractivity contribution in [3.05, 3.63) is 72.5 Å². The second kappa shape index (κ2) is 7.89. The molecule has 1 aliphatic heterocycles. The van der Waals surface area contributed by atoms with Gasteiger partial charge in [0, 0.05) is 37.3 Å². The molecule has 4 nitrogen and oxygen atoms in total. The first-order valence-electron chi connectivity index (χ1n) is 9.55. The second-order valence-corrected chi connectivity index (χ2v) is 7.03. The molecule has 3 aromatic carbocycles. The van der Waals surface area contributed by atoms with Crippen LogP contribution < -0.4 is 9.64 Å². The highest BCUT2D eigenvalue weighted by molar-refractivity contribution is 5.89. The van der Waals surface area contributed by atoms with Crippen molar-refractivity contribution < 1.29 is 13.9 Å². The highest BCUT2D eigenvalue weighted by Gasteiger charge is 2.26. The molecule has 144 valence electrons. The number of benzene rings is 3. The van der Waals surface area contributed by atoms with E-state index in [-0.39, 0.29) is 11.7 Å². The number of halogens is 1. The predicted octanol–water partition coefficient (Wildman–Crippen LogP) is 4.10. The zero-order valence-electron chi connectivity index (χ0n) is 15.8. The quantitative estimate of drug-likeness (QED) is 0.685. The standard InChI is InChI=1S/C23H23FN2O2/c1-17(28-22-8-4-6-18-5-2-3-7-21(18)22)23(27)26-15-13-25(14-16-26)20-11-9-19(24)10-12-20/h2-12,17H,13-16H2,1H3/t17-/m0/s1. The van der Waals surface area contributed by atoms with Crippen molar-refractivity contribution in [2.75, 3.05) is 31.1 Å². The van der Waals surface area contributed by atoms with Crippen molar-refractivity contribution in [1.29, 1.82) is 0 Å². The highest BCUT2D eigenvalue weighted by atomic mass is 19.1. The van der Waals surface area contributed by atoms with Gasteiger partial charge in [0.1, 0.15) is 11.6 Å². The van der Waals surface area contributed by atoms with Gasteiger partial charge in [-0.25, -0.2) is 4.39 Å². The molecule has 5 heteroatoms. The zero-order chi connectivity index (χ0) is 19.5. The summed E-state index contributed by atoms with van der Waals surface area (Å²) in [5, 5.41) is 2.10. The molecule has 0 unspecified atom stereocenters. The maximum atomic E-state index is 13.1. The monoisotopic (exact) mass is 378 g/mol. The number of nitrogens with zero attached hydrogens (tertiary/aromatic N) is 2. The Hall–Kier alpha value is -3.08. The van der Waals surface area contributed by atoms with Crippen LogP contribution in [0.4, 0.5) is 10.1 Å². The lowest BCUT2D eigenvalue weighted by Gasteiger charge is -2.37. The maximum absolute atomic E-state index is 13.1. The molecular weight excluding hydrogens is 355 g/mol. The molecule has 1 amide bonds. The number of rotatable bonds is 4. The maximum Gasteiger partial charge on any atom is 0.263 e. The third-order valence-electron chi connectivity index (χ3n) is 5.18. The average Bonchev–Trinajstić information content (AvgIpc) is 2.74. The Labute approximate surface area is 164 Å². The summed E-state index contributed by atoms with van der Waals surface area (Å²) in [5.41, 5.74) is 0.980. The molecule has 0 spiro atoms. The summed E-state index contributed by atoms with van der Waals surface area (Å²) in [6.07, 6.45) is -0.553. The SMILES string of the molecule is C[C@H](Oc1cccc2ccccc12)C(=O)N1CCN(c2ccc(F)cc2)CC1. The highest BCUT2D eigenvalue weighted by Crippen LogP contribution is 2.26. The van der Waals surface area contributed by atoms with E-state index in [0.717, 1.165) is 35.3 Å². The first kappa shape index (κ1) is 18.3. The lowest BCUT2D eigenvalue weighted by molar-refractivity contribution is -0.138. The third kappa shape index (κ3) is 3.79. The van der Waals surface area contributed by atoms with Crippen LogP contribution in [0, 0.1) is 5.82 Å². The predicted molar refractivity (Wildman–Crippen MR) is 109 cm³/mol. The Kier molecular flexibility index (Phi) is 5.15. The van der Waals surface area contributed by atoms with Gasteiger partial charge in [0.2, 0.25) is 0 Å². The van der Waals surface area contributed by atoms with Crippen LogP contribution >= 0.6 is 0 Å². The molecule has 0 bridgehead atoms. The van der Waals surface area contributed by atoms with Gasteiger partial charge in [-0.1, -0.05) is 36.4 Å². The summed E-state index contributed by atoms with van der Waals surface area (Å²) in [7, 11) is 0. The zero-order valence-corrected chi connectivity index (χ0v) is 15.8. The number of carbonyl (C=O) groups is 1. The number of amides is 1. The van der Waals surface area contributed by atoms with Gasteiger partial charge in [-0.05, 0) is 42.6 Å². The minimum atomic E-state index is -0.553. The number of fused-ring (bicyclic) bond motifs is 1. The molecule has 1 aliphatic rings. The topological polar surface area (TPSA) is 32.8 Å². The van der Waals surface area contributed by atoms with Gasteiger partial charge in [0.15, 0.2) is 6.10 Å². The molecular formula is C23H23FN2O2. The van der Waals surface area contributed by atoms with Crippen LogP contribution in [0.3, 0.4) is 0 Å². The Morgan fingerprint density at radius 2 is 1.61 bits per heavy atom. The summed E-state index contributed by atoms with van der Waals surface area (Å²) in [6.45, 7) is 4.49. The number of carbonyl (C=O) groups excluding carboxylic acids is 1. The number of hydrogen-bond donors (Lipinski definition) is 0. The fourth-order valence-corrected chi connectivity index (χ4v) is 3.63. The third-order valence-corrected chi connectivity index (χ3v) is 5.18. The molecule has 0 radical (unpaired) electrons. The first-order chi connectivity index (χ1) is 13.6. The van der Waals surface area contributed by atoms with Gasteiger partial charge in [0.25, 0.3) is 5.91 Å². The van der Waals surface area contributed by atoms with E-state index in [1.807, 2.05) is 47.4 Å². The van der Waals surface area contributed by atoms with Gasteiger partial charge in [-0.3, -0.25) is 4.79 Å². The molecule has 0 aromatic heterocycles. The minimum absolute atomic E-state index is 0.00769. The molecule has 0 aliphatic carbocycles. The van der Waals surface area contributed by atoms with Gasteiger partial charge in [-0.2, -0.15) is 0 Å². The van der Waals surface area contributed by atoms with Gasteiger partial charge >= 0.3 is 0 Å². The Morgan fingerprint density at radius 1 is 0.929 bits per heavy atom. The van der Waals surface area contributed by atoms with E-state index in [1.54, 1.807) is 19.1 Å². The molecule has 0 N–H and O–H groups in total. The van der Waals surface area contributed by atoms with Crippen LogP contribution in [0.2, 0.25) is 0 Å². The summed E-state index contributed by atoms with van der Waals surface area (Å²) < 4.78 is 19.1. The van der Waals surface area contributed by atoms with E-state index in [4.69, 9.17) is 4.74 Å². The Bertz CT molecular complexity index is 961. The number of hydrogen-bond acceptors (Lipinski definition) is 3. The molecule has 0 saturated carbocycles. The van der Waals surface area contributed by atoms with Crippen LogP contribution in [-0.2, 0) is 4.79 Å². The van der Waals surface area contributed by atoms with Crippen molar-refractivity contribution in [2.45, 2.75) is 13.0 Å². The number of piperazine rings is 1. The van der Waals surface area contributed by atoms with Gasteiger partial charge < -0.3 is 14.5 Å². The average molecular weight is 378 g/mol. The van der Waals surface area contributed by atoms with Crippen molar-refractivity contribution >= 4 is 22.4 Å². The van der Waals surface area contributed by atoms with E-state index >= 15 is 0 Å². The molecule has 1 atom stereocenters. The second-order valence-electron chi connectivity index (χ2n) is 7.03. The fraction of sp³-hybridized carbons (Fsp3) is 0.261. The Morgan fingerprint density at radius 3 is 2.36 bits per heavy atom. The van der Waals surface area contributed by atoms with E-state index in [1.165, 1.54) is 12.1 Å². The fourth-order valence-electron chi connectivity index (χ4n) is 3.63. The summed E-state index contributed by atoms with van der Waals surface area (Å²) in [6, 6.07) is 20.3. The van der Waals surface area contributed by atoms with Crippen LogP contribution in [-0.4, -0.2) is 43.1 Å². The van der Waals surface area contributed by atoms with Crippen molar-refractivity contribution in [1.82, 2.24) is 4.90 Å². The molecule has 28 heavy (non-hydrogen) atoms. The molecule has 1 fully saturated rings. The van der Waals surface area contributed by atoms with Crippen molar-refractivity contribution in [3.8, 4) is 5.75 Å². The molecule has 1 saturated heterocycles.